The summed E-state index contributed by atoms with van der Waals surface area (Å²) in [6.45, 7) is 4.41. The summed E-state index contributed by atoms with van der Waals surface area (Å²) in [4.78, 5) is 6.28. The third-order valence-electron chi connectivity index (χ3n) is 2.87. The molecule has 0 spiro atoms. The van der Waals surface area contributed by atoms with Crippen molar-refractivity contribution in [2.75, 3.05) is 12.3 Å². The number of aliphatic hydroxyl groups excluding tert-OH is 2. The largest absolute Gasteiger partial charge is 0.434 e. The lowest BCUT2D eigenvalue weighted by Crippen LogP contribution is -2.43. The van der Waals surface area contributed by atoms with Crippen LogP contribution >= 0.6 is 0 Å². The van der Waals surface area contributed by atoms with E-state index >= 15 is 0 Å². The predicted molar refractivity (Wildman–Crippen MR) is 80.4 cm³/mol. The van der Waals surface area contributed by atoms with Crippen LogP contribution in [0.15, 0.2) is 12.4 Å². The number of aromatic nitrogens is 2. The first-order valence-electron chi connectivity index (χ1n) is 7.24. The van der Waals surface area contributed by atoms with Crippen molar-refractivity contribution < 1.29 is 28.1 Å². The number of aliphatic hydroxyl groups is 2. The van der Waals surface area contributed by atoms with Crippen LogP contribution in [0.4, 0.5) is 19.0 Å². The molecule has 6 nitrogen and oxygen atoms in total. The first-order chi connectivity index (χ1) is 11.1. The lowest BCUT2D eigenvalue weighted by atomic mass is 10.0. The van der Waals surface area contributed by atoms with E-state index in [1.54, 1.807) is 0 Å². The van der Waals surface area contributed by atoms with Crippen LogP contribution in [-0.2, 0) is 10.9 Å². The molecule has 1 aliphatic heterocycles. The van der Waals surface area contributed by atoms with E-state index in [2.05, 4.69) is 21.8 Å². The van der Waals surface area contributed by atoms with Crippen LogP contribution < -0.4 is 5.73 Å². The number of hydrogen-bond donors (Lipinski definition) is 3. The maximum atomic E-state index is 11.8. The number of nitrogen functional groups attached to an aromatic ring is 1. The molecule has 0 amide bonds. The SMILES string of the molecule is CC(C)C#CC1OCCC(O)C1O.Nc1cncc(C(F)(F)F)n1. The number of hydrogen-bond acceptors (Lipinski definition) is 6. The van der Waals surface area contributed by atoms with Crippen LogP contribution in [0.25, 0.3) is 0 Å². The van der Waals surface area contributed by atoms with Crippen LogP contribution in [0.3, 0.4) is 0 Å². The normalized spacial score (nSPS) is 23.8. The predicted octanol–water partition coefficient (Wildman–Crippen LogP) is 1.23. The Labute approximate surface area is 137 Å². The van der Waals surface area contributed by atoms with E-state index in [9.17, 15) is 23.4 Å². The van der Waals surface area contributed by atoms with Crippen LogP contribution in [0.1, 0.15) is 26.0 Å². The standard InChI is InChI=1S/C10H16O3.C5H4F3N3/c1-7(2)3-4-9-10(12)8(11)5-6-13-9;6-5(7,8)3-1-10-2-4(9)11-3/h7-12H,5-6H2,1-2H3;1-2H,(H2,9,11). The Morgan fingerprint density at radius 3 is 2.50 bits per heavy atom. The van der Waals surface area contributed by atoms with E-state index in [1.807, 2.05) is 13.8 Å². The van der Waals surface area contributed by atoms with Crippen LogP contribution in [0.2, 0.25) is 0 Å². The Bertz CT molecular complexity index is 585. The zero-order valence-electron chi connectivity index (χ0n) is 13.3. The molecule has 1 aliphatic rings. The van der Waals surface area contributed by atoms with Crippen molar-refractivity contribution in [1.82, 2.24) is 9.97 Å². The van der Waals surface area contributed by atoms with Gasteiger partial charge in [-0.2, -0.15) is 13.2 Å². The summed E-state index contributed by atoms with van der Waals surface area (Å²) < 4.78 is 40.7. The molecule has 0 bridgehead atoms. The number of nitrogens with two attached hydrogens (primary N) is 1. The Kier molecular flexibility index (Phi) is 7.41. The highest BCUT2D eigenvalue weighted by atomic mass is 19.4. The smallest absolute Gasteiger partial charge is 0.390 e. The summed E-state index contributed by atoms with van der Waals surface area (Å²) in [5.74, 6) is 5.76. The molecule has 0 saturated carbocycles. The van der Waals surface area contributed by atoms with E-state index in [0.29, 0.717) is 19.2 Å². The second kappa shape index (κ2) is 8.82. The number of alkyl halides is 3. The molecule has 134 valence electrons. The maximum Gasteiger partial charge on any atom is 0.434 e. The zero-order chi connectivity index (χ0) is 18.3. The van der Waals surface area contributed by atoms with Gasteiger partial charge in [0.1, 0.15) is 18.0 Å². The fraction of sp³-hybridized carbons (Fsp3) is 0.600. The molecule has 3 unspecified atom stereocenters. The van der Waals surface area contributed by atoms with Crippen molar-refractivity contribution in [3.63, 3.8) is 0 Å². The molecule has 3 atom stereocenters. The molecule has 0 aromatic carbocycles. The Hall–Kier alpha value is -1.89. The molecule has 9 heteroatoms. The van der Waals surface area contributed by atoms with Crippen molar-refractivity contribution in [1.29, 1.82) is 0 Å². The number of nitrogens with zero attached hydrogens (tertiary/aromatic N) is 2. The van der Waals surface area contributed by atoms with Gasteiger partial charge in [0.05, 0.1) is 25.1 Å². The summed E-state index contributed by atoms with van der Waals surface area (Å²) in [5.41, 5.74) is 3.91. The van der Waals surface area contributed by atoms with Crippen LogP contribution in [0, 0.1) is 17.8 Å². The molecular weight excluding hydrogens is 327 g/mol. The topological polar surface area (TPSA) is 101 Å². The fourth-order valence-corrected chi connectivity index (χ4v) is 1.68. The minimum atomic E-state index is -4.47. The Balaban J connectivity index is 0.000000243. The highest BCUT2D eigenvalue weighted by Crippen LogP contribution is 2.26. The van der Waals surface area contributed by atoms with E-state index in [4.69, 9.17) is 10.5 Å². The molecule has 4 N–H and O–H groups in total. The molecule has 2 heterocycles. The van der Waals surface area contributed by atoms with Crippen molar-refractivity contribution in [2.45, 2.75) is 44.8 Å². The second-order valence-electron chi connectivity index (χ2n) is 5.41. The highest BCUT2D eigenvalue weighted by Gasteiger charge is 2.33. The van der Waals surface area contributed by atoms with Gasteiger partial charge in [0, 0.05) is 5.92 Å². The van der Waals surface area contributed by atoms with E-state index in [1.165, 1.54) is 0 Å². The summed E-state index contributed by atoms with van der Waals surface area (Å²) >= 11 is 0. The Morgan fingerprint density at radius 1 is 1.33 bits per heavy atom. The zero-order valence-corrected chi connectivity index (χ0v) is 13.3. The Morgan fingerprint density at radius 2 is 2.00 bits per heavy atom. The van der Waals surface area contributed by atoms with E-state index in [0.717, 1.165) is 6.20 Å². The van der Waals surface area contributed by atoms with Gasteiger partial charge in [0.25, 0.3) is 0 Å². The molecule has 0 radical (unpaired) electrons. The van der Waals surface area contributed by atoms with Gasteiger partial charge in [-0.1, -0.05) is 25.7 Å². The minimum Gasteiger partial charge on any atom is -0.390 e. The first kappa shape index (κ1) is 20.2. The third-order valence-corrected chi connectivity index (χ3v) is 2.87. The minimum absolute atomic E-state index is 0.236. The molecule has 24 heavy (non-hydrogen) atoms. The number of anilines is 1. The van der Waals surface area contributed by atoms with Gasteiger partial charge in [-0.3, -0.25) is 4.98 Å². The molecule has 0 aliphatic carbocycles. The van der Waals surface area contributed by atoms with Gasteiger partial charge < -0.3 is 20.7 Å². The highest BCUT2D eigenvalue weighted by molar-refractivity contribution is 5.24. The van der Waals surface area contributed by atoms with Gasteiger partial charge >= 0.3 is 6.18 Å². The average Bonchev–Trinajstić information content (AvgIpc) is 2.48. The molecule has 2 rings (SSSR count). The van der Waals surface area contributed by atoms with Crippen molar-refractivity contribution >= 4 is 5.82 Å². The van der Waals surface area contributed by atoms with E-state index < -0.39 is 30.2 Å². The summed E-state index contributed by atoms with van der Waals surface area (Å²) in [5, 5.41) is 18.8. The maximum absolute atomic E-state index is 11.8. The quantitative estimate of drug-likeness (QED) is 0.610. The van der Waals surface area contributed by atoms with Crippen LogP contribution in [0.5, 0.6) is 0 Å². The lowest BCUT2D eigenvalue weighted by molar-refractivity contribution is -0.141. The summed E-state index contributed by atoms with van der Waals surface area (Å²) in [6.07, 6.45) is -4.39. The van der Waals surface area contributed by atoms with Crippen molar-refractivity contribution in [3.05, 3.63) is 18.1 Å². The third kappa shape index (κ3) is 6.70. The molecule has 1 fully saturated rings. The first-order valence-corrected chi connectivity index (χ1v) is 7.24. The number of halogens is 3. The molecule has 1 aromatic heterocycles. The average molecular weight is 347 g/mol. The van der Waals surface area contributed by atoms with Crippen LogP contribution in [-0.4, -0.2) is 45.1 Å². The van der Waals surface area contributed by atoms with Gasteiger partial charge in [0.15, 0.2) is 5.69 Å². The summed E-state index contributed by atoms with van der Waals surface area (Å²) in [6, 6.07) is 0. The van der Waals surface area contributed by atoms with Gasteiger partial charge in [-0.15, -0.1) is 0 Å². The second-order valence-corrected chi connectivity index (χ2v) is 5.41. The fourth-order valence-electron chi connectivity index (χ4n) is 1.68. The number of rotatable bonds is 0. The summed E-state index contributed by atoms with van der Waals surface area (Å²) in [7, 11) is 0. The van der Waals surface area contributed by atoms with Gasteiger partial charge in [-0.25, -0.2) is 4.98 Å². The molecule has 1 aromatic rings. The van der Waals surface area contributed by atoms with E-state index in [-0.39, 0.29) is 11.7 Å². The van der Waals surface area contributed by atoms with Gasteiger partial charge in [0.2, 0.25) is 0 Å². The van der Waals surface area contributed by atoms with Crippen molar-refractivity contribution in [3.8, 4) is 11.8 Å². The monoisotopic (exact) mass is 347 g/mol. The molecule has 1 saturated heterocycles. The number of ether oxygens (including phenoxy) is 1. The van der Waals surface area contributed by atoms with Gasteiger partial charge in [-0.05, 0) is 6.42 Å². The lowest BCUT2D eigenvalue weighted by Gasteiger charge is -2.28. The molecular formula is C15H20F3N3O3. The van der Waals surface area contributed by atoms with Crippen molar-refractivity contribution in [2.24, 2.45) is 5.92 Å².